The molecule has 1 nitrogen and oxygen atoms in total. The van der Waals surface area contributed by atoms with E-state index in [1.165, 1.54) is 19.1 Å². The minimum absolute atomic E-state index is 0.244. The second kappa shape index (κ2) is 4.97. The fourth-order valence-corrected chi connectivity index (χ4v) is 3.32. The van der Waals surface area contributed by atoms with E-state index in [1.54, 1.807) is 6.07 Å². The number of nitrogens with one attached hydrogen (secondary N) is 1. The summed E-state index contributed by atoms with van der Waals surface area (Å²) >= 11 is 0. The summed E-state index contributed by atoms with van der Waals surface area (Å²) in [5.41, 5.74) is 0.544. The van der Waals surface area contributed by atoms with Crippen LogP contribution in [0.5, 0.6) is 0 Å². The minimum atomic E-state index is -4.29. The molecule has 1 N–H and O–H groups in total. The van der Waals surface area contributed by atoms with Gasteiger partial charge < -0.3 is 5.32 Å². The van der Waals surface area contributed by atoms with Crippen molar-refractivity contribution in [2.24, 2.45) is 11.3 Å². The molecule has 1 aromatic carbocycles. The van der Waals surface area contributed by atoms with Gasteiger partial charge in [0.1, 0.15) is 0 Å². The first-order valence-corrected chi connectivity index (χ1v) is 7.03. The Kier molecular flexibility index (Phi) is 3.78. The molecular formula is C16H22F3N. The normalized spacial score (nSPS) is 25.8. The summed E-state index contributed by atoms with van der Waals surface area (Å²) in [6, 6.07) is 4.75. The van der Waals surface area contributed by atoms with Gasteiger partial charge in [-0.05, 0) is 48.8 Å². The summed E-state index contributed by atoms with van der Waals surface area (Å²) < 4.78 is 38.7. The second-order valence-corrected chi connectivity index (χ2v) is 6.83. The first-order valence-electron chi connectivity index (χ1n) is 7.03. The predicted molar refractivity (Wildman–Crippen MR) is 75.8 cm³/mol. The van der Waals surface area contributed by atoms with E-state index in [2.05, 4.69) is 26.1 Å². The Bertz CT molecular complexity index is 491. The lowest BCUT2D eigenvalue weighted by Gasteiger charge is -2.21. The summed E-state index contributed by atoms with van der Waals surface area (Å²) in [5, 5.41) is 3.29. The Hall–Kier alpha value is -1.19. The molecule has 1 aliphatic carbocycles. The van der Waals surface area contributed by atoms with Crippen LogP contribution in [0.3, 0.4) is 0 Å². The van der Waals surface area contributed by atoms with Crippen molar-refractivity contribution in [3.8, 4) is 0 Å². The molecule has 2 atom stereocenters. The van der Waals surface area contributed by atoms with Crippen molar-refractivity contribution in [2.75, 3.05) is 5.32 Å². The van der Waals surface area contributed by atoms with E-state index in [-0.39, 0.29) is 17.0 Å². The van der Waals surface area contributed by atoms with Gasteiger partial charge in [-0.1, -0.05) is 26.8 Å². The van der Waals surface area contributed by atoms with Gasteiger partial charge in [0.05, 0.1) is 5.56 Å². The van der Waals surface area contributed by atoms with Crippen LogP contribution >= 0.6 is 0 Å². The predicted octanol–water partition coefficient (Wildman–Crippen LogP) is 5.25. The number of rotatable bonds is 2. The highest BCUT2D eigenvalue weighted by Gasteiger charge is 2.37. The summed E-state index contributed by atoms with van der Waals surface area (Å²) in [6.45, 7) is 8.07. The molecule has 0 aromatic heterocycles. The second-order valence-electron chi connectivity index (χ2n) is 6.83. The Morgan fingerprint density at radius 1 is 1.20 bits per heavy atom. The van der Waals surface area contributed by atoms with Gasteiger partial charge in [0.15, 0.2) is 0 Å². The van der Waals surface area contributed by atoms with Gasteiger partial charge >= 0.3 is 6.18 Å². The number of benzene rings is 1. The van der Waals surface area contributed by atoms with Crippen LogP contribution in [0, 0.1) is 18.3 Å². The van der Waals surface area contributed by atoms with Crippen molar-refractivity contribution < 1.29 is 13.2 Å². The van der Waals surface area contributed by atoms with Crippen LogP contribution < -0.4 is 5.32 Å². The molecule has 2 rings (SSSR count). The molecule has 0 radical (unpaired) electrons. The van der Waals surface area contributed by atoms with Crippen molar-refractivity contribution in [1.82, 2.24) is 0 Å². The van der Waals surface area contributed by atoms with Gasteiger partial charge in [0.2, 0.25) is 0 Å². The van der Waals surface area contributed by atoms with Gasteiger partial charge in [0, 0.05) is 11.7 Å². The van der Waals surface area contributed by atoms with E-state index in [1.807, 2.05) is 0 Å². The van der Waals surface area contributed by atoms with E-state index >= 15 is 0 Å². The Labute approximate surface area is 118 Å². The number of hydrogen-bond acceptors (Lipinski definition) is 1. The number of alkyl halides is 3. The molecule has 1 fully saturated rings. The third-order valence-corrected chi connectivity index (χ3v) is 4.23. The fourth-order valence-electron chi connectivity index (χ4n) is 3.32. The molecule has 20 heavy (non-hydrogen) atoms. The lowest BCUT2D eigenvalue weighted by molar-refractivity contribution is -0.138. The summed E-state index contributed by atoms with van der Waals surface area (Å²) in [6.07, 6.45) is -2.20. The topological polar surface area (TPSA) is 12.0 Å². The molecule has 0 spiro atoms. The molecule has 1 aliphatic rings. The zero-order chi connectivity index (χ0) is 15.1. The molecule has 1 saturated carbocycles. The molecule has 0 aliphatic heterocycles. The van der Waals surface area contributed by atoms with Crippen LogP contribution in [0.4, 0.5) is 18.9 Å². The zero-order valence-electron chi connectivity index (χ0n) is 12.4. The van der Waals surface area contributed by atoms with E-state index < -0.39 is 11.7 Å². The van der Waals surface area contributed by atoms with Crippen molar-refractivity contribution in [3.05, 3.63) is 29.3 Å². The number of halogens is 3. The van der Waals surface area contributed by atoms with Gasteiger partial charge in [-0.15, -0.1) is 0 Å². The maximum atomic E-state index is 12.9. The van der Waals surface area contributed by atoms with Gasteiger partial charge in [0.25, 0.3) is 0 Å². The summed E-state index contributed by atoms with van der Waals surface area (Å²) in [4.78, 5) is 0. The van der Waals surface area contributed by atoms with Crippen LogP contribution in [-0.4, -0.2) is 6.04 Å². The molecule has 0 saturated heterocycles. The first-order chi connectivity index (χ1) is 9.08. The van der Waals surface area contributed by atoms with Crippen LogP contribution in [0.1, 0.15) is 44.7 Å². The number of aryl methyl sites for hydroxylation is 1. The summed E-state index contributed by atoms with van der Waals surface area (Å²) in [7, 11) is 0. The SMILES string of the molecule is Cc1ccc(NC2CC(C)(C)CC2C)cc1C(F)(F)F. The quantitative estimate of drug-likeness (QED) is 0.782. The van der Waals surface area contributed by atoms with E-state index in [0.717, 1.165) is 12.8 Å². The minimum Gasteiger partial charge on any atom is -0.382 e. The third kappa shape index (κ3) is 3.28. The smallest absolute Gasteiger partial charge is 0.382 e. The molecule has 0 bridgehead atoms. The highest BCUT2D eigenvalue weighted by molar-refractivity contribution is 5.50. The van der Waals surface area contributed by atoms with E-state index in [4.69, 9.17) is 0 Å². The van der Waals surface area contributed by atoms with Crippen LogP contribution in [-0.2, 0) is 6.18 Å². The van der Waals surface area contributed by atoms with Crippen LogP contribution in [0.2, 0.25) is 0 Å². The highest BCUT2D eigenvalue weighted by atomic mass is 19.4. The molecule has 2 unspecified atom stereocenters. The fraction of sp³-hybridized carbons (Fsp3) is 0.625. The van der Waals surface area contributed by atoms with Crippen molar-refractivity contribution in [2.45, 2.75) is 52.8 Å². The maximum Gasteiger partial charge on any atom is 0.416 e. The van der Waals surface area contributed by atoms with Gasteiger partial charge in [-0.3, -0.25) is 0 Å². The molecule has 112 valence electrons. The Morgan fingerprint density at radius 3 is 2.35 bits per heavy atom. The number of hydrogen-bond donors (Lipinski definition) is 1. The zero-order valence-corrected chi connectivity index (χ0v) is 12.4. The molecule has 0 amide bonds. The van der Waals surface area contributed by atoms with E-state index in [0.29, 0.717) is 11.6 Å². The van der Waals surface area contributed by atoms with E-state index in [9.17, 15) is 13.2 Å². The monoisotopic (exact) mass is 285 g/mol. The van der Waals surface area contributed by atoms with Crippen molar-refractivity contribution in [1.29, 1.82) is 0 Å². The standard InChI is InChI=1S/C16H22F3N/c1-10-5-6-12(7-13(10)16(17,18)19)20-14-9-15(3,4)8-11(14)2/h5-7,11,14,20H,8-9H2,1-4H3. The lowest BCUT2D eigenvalue weighted by atomic mass is 9.91. The van der Waals surface area contributed by atoms with Gasteiger partial charge in [-0.2, -0.15) is 13.2 Å². The number of anilines is 1. The third-order valence-electron chi connectivity index (χ3n) is 4.23. The average Bonchev–Trinajstić information content (AvgIpc) is 2.53. The Balaban J connectivity index is 2.19. The molecule has 4 heteroatoms. The first kappa shape index (κ1) is 15.2. The lowest BCUT2D eigenvalue weighted by Crippen LogP contribution is -2.23. The van der Waals surface area contributed by atoms with Crippen molar-refractivity contribution >= 4 is 5.69 Å². The maximum absolute atomic E-state index is 12.9. The largest absolute Gasteiger partial charge is 0.416 e. The molecular weight excluding hydrogens is 263 g/mol. The molecule has 0 heterocycles. The van der Waals surface area contributed by atoms with Crippen molar-refractivity contribution in [3.63, 3.8) is 0 Å². The molecule has 1 aromatic rings. The summed E-state index contributed by atoms with van der Waals surface area (Å²) in [5.74, 6) is 0.473. The van der Waals surface area contributed by atoms with Crippen LogP contribution in [0.15, 0.2) is 18.2 Å². The highest BCUT2D eigenvalue weighted by Crippen LogP contribution is 2.42. The average molecular weight is 285 g/mol. The Morgan fingerprint density at radius 2 is 1.85 bits per heavy atom. The van der Waals surface area contributed by atoms with Crippen LogP contribution in [0.25, 0.3) is 0 Å². The van der Waals surface area contributed by atoms with Gasteiger partial charge in [-0.25, -0.2) is 0 Å².